The predicted octanol–water partition coefficient (Wildman–Crippen LogP) is 1.78. The minimum absolute atomic E-state index is 0.142. The Bertz CT molecular complexity index is 676. The molecule has 5 N–H and O–H groups in total. The van der Waals surface area contributed by atoms with E-state index in [2.05, 4.69) is 17.2 Å². The van der Waals surface area contributed by atoms with Crippen molar-refractivity contribution in [3.8, 4) is 11.8 Å². The number of hydrogen-bond acceptors (Lipinski definition) is 3. The molecule has 1 aliphatic rings. The van der Waals surface area contributed by atoms with Crippen molar-refractivity contribution in [3.05, 3.63) is 65.0 Å². The number of benzene rings is 1. The number of hydrogen-bond donors (Lipinski definition) is 3. The van der Waals surface area contributed by atoms with Crippen LogP contribution in [0, 0.1) is 23.5 Å². The molecule has 0 radical (unpaired) electrons. The SMILES string of the molecule is NC/C(C#Cc1c(F)ccc(N)c1F)=C1/C=CC=CN1. The minimum Gasteiger partial charge on any atom is -0.396 e. The van der Waals surface area contributed by atoms with Gasteiger partial charge >= 0.3 is 0 Å². The molecule has 102 valence electrons. The van der Waals surface area contributed by atoms with Crippen LogP contribution in [0.25, 0.3) is 0 Å². The third-order valence-electron chi connectivity index (χ3n) is 2.70. The molecule has 0 spiro atoms. The van der Waals surface area contributed by atoms with E-state index < -0.39 is 11.6 Å². The van der Waals surface area contributed by atoms with E-state index in [1.807, 2.05) is 12.2 Å². The van der Waals surface area contributed by atoms with Crippen LogP contribution in [-0.4, -0.2) is 6.54 Å². The Morgan fingerprint density at radius 3 is 2.70 bits per heavy atom. The first-order chi connectivity index (χ1) is 9.63. The lowest BCUT2D eigenvalue weighted by Crippen LogP contribution is -2.13. The zero-order valence-electron chi connectivity index (χ0n) is 10.6. The summed E-state index contributed by atoms with van der Waals surface area (Å²) in [6, 6.07) is 2.24. The van der Waals surface area contributed by atoms with E-state index >= 15 is 0 Å². The fourth-order valence-electron chi connectivity index (χ4n) is 1.63. The Morgan fingerprint density at radius 1 is 1.25 bits per heavy atom. The van der Waals surface area contributed by atoms with Gasteiger partial charge in [0, 0.05) is 18.3 Å². The van der Waals surface area contributed by atoms with Crippen molar-refractivity contribution < 1.29 is 8.78 Å². The second-order valence-electron chi connectivity index (χ2n) is 4.03. The second-order valence-corrected chi connectivity index (χ2v) is 4.03. The fraction of sp³-hybridized carbons (Fsp3) is 0.0667. The average Bonchev–Trinajstić information content (AvgIpc) is 2.48. The molecule has 0 atom stereocenters. The lowest BCUT2D eigenvalue weighted by atomic mass is 10.1. The van der Waals surface area contributed by atoms with Gasteiger partial charge in [-0.1, -0.05) is 17.9 Å². The quantitative estimate of drug-likeness (QED) is 0.540. The van der Waals surface area contributed by atoms with Crippen molar-refractivity contribution >= 4 is 5.69 Å². The highest BCUT2D eigenvalue weighted by Crippen LogP contribution is 2.17. The van der Waals surface area contributed by atoms with Crippen LogP contribution in [-0.2, 0) is 0 Å². The summed E-state index contributed by atoms with van der Waals surface area (Å²) in [6.07, 6.45) is 7.12. The van der Waals surface area contributed by atoms with E-state index in [0.717, 1.165) is 12.1 Å². The molecule has 0 fully saturated rings. The summed E-state index contributed by atoms with van der Waals surface area (Å²) in [5.74, 6) is 3.53. The lowest BCUT2D eigenvalue weighted by Gasteiger charge is -2.08. The number of nitrogen functional groups attached to an aromatic ring is 1. The fourth-order valence-corrected chi connectivity index (χ4v) is 1.63. The van der Waals surface area contributed by atoms with Gasteiger partial charge in [-0.2, -0.15) is 0 Å². The maximum Gasteiger partial charge on any atom is 0.164 e. The van der Waals surface area contributed by atoms with Gasteiger partial charge in [-0.05, 0) is 24.3 Å². The molecule has 0 amide bonds. The van der Waals surface area contributed by atoms with Crippen molar-refractivity contribution in [2.24, 2.45) is 5.73 Å². The molecule has 0 saturated carbocycles. The van der Waals surface area contributed by atoms with Crippen LogP contribution in [0.5, 0.6) is 0 Å². The largest absolute Gasteiger partial charge is 0.396 e. The maximum absolute atomic E-state index is 13.7. The first kappa shape index (κ1) is 13.8. The van der Waals surface area contributed by atoms with Crippen LogP contribution in [0.4, 0.5) is 14.5 Å². The van der Waals surface area contributed by atoms with Crippen molar-refractivity contribution in [1.82, 2.24) is 5.32 Å². The number of halogens is 2. The molecular formula is C15H13F2N3. The highest BCUT2D eigenvalue weighted by molar-refractivity contribution is 5.53. The molecule has 5 heteroatoms. The smallest absolute Gasteiger partial charge is 0.164 e. The zero-order valence-corrected chi connectivity index (χ0v) is 10.6. The Balaban J connectivity index is 2.42. The number of dihydropyridines is 1. The molecule has 0 aromatic heterocycles. The Morgan fingerprint density at radius 2 is 2.05 bits per heavy atom. The lowest BCUT2D eigenvalue weighted by molar-refractivity contribution is 0.580. The minimum atomic E-state index is -0.856. The molecule has 0 aliphatic carbocycles. The van der Waals surface area contributed by atoms with Gasteiger partial charge in [0.1, 0.15) is 5.82 Å². The summed E-state index contributed by atoms with van der Waals surface area (Å²) in [5.41, 5.74) is 11.7. The van der Waals surface area contributed by atoms with Crippen molar-refractivity contribution in [3.63, 3.8) is 0 Å². The van der Waals surface area contributed by atoms with Gasteiger partial charge in [0.25, 0.3) is 0 Å². The van der Waals surface area contributed by atoms with Crippen molar-refractivity contribution in [1.29, 1.82) is 0 Å². The van der Waals surface area contributed by atoms with Gasteiger partial charge < -0.3 is 16.8 Å². The Hall–Kier alpha value is -2.58. The van der Waals surface area contributed by atoms with E-state index in [1.54, 1.807) is 12.3 Å². The maximum atomic E-state index is 13.7. The number of anilines is 1. The van der Waals surface area contributed by atoms with E-state index in [4.69, 9.17) is 11.5 Å². The topological polar surface area (TPSA) is 64.1 Å². The van der Waals surface area contributed by atoms with E-state index in [1.165, 1.54) is 0 Å². The summed E-state index contributed by atoms with van der Waals surface area (Å²) in [6.45, 7) is 0.152. The van der Waals surface area contributed by atoms with E-state index in [9.17, 15) is 8.78 Å². The molecule has 20 heavy (non-hydrogen) atoms. The van der Waals surface area contributed by atoms with Gasteiger partial charge in [-0.15, -0.1) is 0 Å². The van der Waals surface area contributed by atoms with Crippen LogP contribution in [0.3, 0.4) is 0 Å². The van der Waals surface area contributed by atoms with Crippen LogP contribution < -0.4 is 16.8 Å². The second kappa shape index (κ2) is 6.04. The standard InChI is InChI=1S/C15H13F2N3/c16-12-6-7-13(19)15(17)11(12)5-4-10(9-18)14-3-1-2-8-20-14/h1-3,6-8,20H,9,18-19H2/b14-10-. The third-order valence-corrected chi connectivity index (χ3v) is 2.70. The number of allylic oxidation sites excluding steroid dienone is 3. The molecule has 0 bridgehead atoms. The molecule has 1 heterocycles. The summed E-state index contributed by atoms with van der Waals surface area (Å²) >= 11 is 0. The van der Waals surface area contributed by atoms with Gasteiger partial charge in [0.15, 0.2) is 5.82 Å². The van der Waals surface area contributed by atoms with Crippen molar-refractivity contribution in [2.75, 3.05) is 12.3 Å². The highest BCUT2D eigenvalue weighted by atomic mass is 19.1. The van der Waals surface area contributed by atoms with Gasteiger partial charge in [-0.25, -0.2) is 8.78 Å². The summed E-state index contributed by atoms with van der Waals surface area (Å²) in [5, 5.41) is 2.96. The first-order valence-electron chi connectivity index (χ1n) is 5.92. The molecule has 3 nitrogen and oxygen atoms in total. The Kier molecular flexibility index (Phi) is 4.18. The zero-order chi connectivity index (χ0) is 14.5. The number of nitrogens with two attached hydrogens (primary N) is 2. The van der Waals surface area contributed by atoms with Crippen LogP contribution in [0.15, 0.2) is 47.8 Å². The molecule has 2 rings (SSSR count). The van der Waals surface area contributed by atoms with E-state index in [-0.39, 0.29) is 17.8 Å². The predicted molar refractivity (Wildman–Crippen MR) is 75.1 cm³/mol. The molecule has 1 aromatic carbocycles. The van der Waals surface area contributed by atoms with Crippen LogP contribution in [0.2, 0.25) is 0 Å². The summed E-state index contributed by atoms with van der Waals surface area (Å²) < 4.78 is 27.2. The molecule has 1 aromatic rings. The van der Waals surface area contributed by atoms with E-state index in [0.29, 0.717) is 11.3 Å². The Labute approximate surface area is 115 Å². The van der Waals surface area contributed by atoms with Crippen LogP contribution in [0.1, 0.15) is 5.56 Å². The summed E-state index contributed by atoms with van der Waals surface area (Å²) in [7, 11) is 0. The van der Waals surface area contributed by atoms with Gasteiger partial charge in [-0.3, -0.25) is 0 Å². The molecular weight excluding hydrogens is 260 g/mol. The van der Waals surface area contributed by atoms with Gasteiger partial charge in [0.05, 0.1) is 16.9 Å². The van der Waals surface area contributed by atoms with Gasteiger partial charge in [0.2, 0.25) is 0 Å². The van der Waals surface area contributed by atoms with Crippen LogP contribution >= 0.6 is 0 Å². The summed E-state index contributed by atoms with van der Waals surface area (Å²) in [4.78, 5) is 0. The normalized spacial score (nSPS) is 15.3. The highest BCUT2D eigenvalue weighted by Gasteiger charge is 2.09. The monoisotopic (exact) mass is 273 g/mol. The molecule has 0 unspecified atom stereocenters. The first-order valence-corrected chi connectivity index (χ1v) is 5.92. The number of nitrogens with one attached hydrogen (secondary N) is 1. The van der Waals surface area contributed by atoms with Crippen molar-refractivity contribution in [2.45, 2.75) is 0 Å². The molecule has 0 saturated heterocycles. The third kappa shape index (κ3) is 2.87. The molecule has 1 aliphatic heterocycles. The number of rotatable bonds is 1. The average molecular weight is 273 g/mol.